The number of hydrogen-bond donors (Lipinski definition) is 0. The van der Waals surface area contributed by atoms with Gasteiger partial charge < -0.3 is 0 Å². The summed E-state index contributed by atoms with van der Waals surface area (Å²) in [5.41, 5.74) is 23.3. The molecule has 12 aromatic rings. The van der Waals surface area contributed by atoms with Gasteiger partial charge in [-0.05, 0) is 5.39 Å². The van der Waals surface area contributed by atoms with Crippen molar-refractivity contribution < 1.29 is 0 Å². The van der Waals surface area contributed by atoms with Crippen LogP contribution in [0.3, 0.4) is 0 Å². The molecule has 2 aliphatic carbocycles. The molecular formula is C67H39Ge2. The molecule has 12 aromatic carbocycles. The summed E-state index contributed by atoms with van der Waals surface area (Å²) in [4.78, 5) is 0. The molecule has 5 radical (unpaired) electrons. The van der Waals surface area contributed by atoms with Crippen molar-refractivity contribution >= 4 is 77.5 Å². The van der Waals surface area contributed by atoms with Crippen LogP contribution in [0.2, 0.25) is 0 Å². The van der Waals surface area contributed by atoms with Crippen LogP contribution in [0.25, 0.3) is 110 Å². The van der Waals surface area contributed by atoms with Gasteiger partial charge in [-0.1, -0.05) is 54.6 Å². The molecule has 1 aliphatic heterocycles. The third kappa shape index (κ3) is 5.47. The third-order valence-electron chi connectivity index (χ3n) is 15.5. The average molecular weight is 989 g/mol. The van der Waals surface area contributed by atoms with Crippen LogP contribution in [0.4, 0.5) is 0 Å². The maximum atomic E-state index is 2.54. The Kier molecular flexibility index (Phi) is 8.59. The van der Waals surface area contributed by atoms with Gasteiger partial charge in [0.15, 0.2) is 0 Å². The first-order valence-corrected chi connectivity index (χ1v) is 27.1. The number of hydrogen-bond acceptors (Lipinski definition) is 0. The van der Waals surface area contributed by atoms with Crippen molar-refractivity contribution in [2.45, 2.75) is 5.41 Å². The third-order valence-corrected chi connectivity index (χ3v) is 19.6. The van der Waals surface area contributed by atoms with Crippen LogP contribution in [-0.2, 0) is 5.41 Å². The van der Waals surface area contributed by atoms with Gasteiger partial charge in [-0.15, -0.1) is 0 Å². The monoisotopic (exact) mass is 991 g/mol. The first-order valence-electron chi connectivity index (χ1n) is 23.9. The fourth-order valence-electron chi connectivity index (χ4n) is 12.8. The van der Waals surface area contributed by atoms with Crippen molar-refractivity contribution in [1.29, 1.82) is 0 Å². The summed E-state index contributed by atoms with van der Waals surface area (Å²) in [6, 6.07) is 90.2. The molecule has 0 nitrogen and oxygen atoms in total. The fraction of sp³-hybridized carbons (Fsp3) is 0.0149. The predicted octanol–water partition coefficient (Wildman–Crippen LogP) is 14.6. The Hall–Kier alpha value is -7.49. The molecule has 0 bridgehead atoms. The molecule has 0 N–H and O–H groups in total. The van der Waals surface area contributed by atoms with E-state index in [-0.39, 0.29) is 0 Å². The zero-order valence-corrected chi connectivity index (χ0v) is 41.7. The molecule has 1 heterocycles. The standard InChI is InChI=1S/C67H39Ge2/c68-61-34-9-5-19-44(61)42-18-11-17-41(38-42)43-24-12-26-49-56(43)39-57-46(52-28-14-29-53-48-22-6-10-35-62(48)69-66(52)53)25-13-27-50(57)63(49)55-30-15-33-60-64(55)54-23-4-8-32-59(54)67(60)58-31-7-3-21-47(58)51-37-36-40-16-1-2-20-45(40)65(51)67/h1-39H. The molecule has 1 spiro atoms. The van der Waals surface area contributed by atoms with E-state index >= 15 is 0 Å². The van der Waals surface area contributed by atoms with Crippen molar-refractivity contribution in [3.8, 4) is 77.9 Å². The summed E-state index contributed by atoms with van der Waals surface area (Å²) in [5, 5.41) is 7.70. The minimum absolute atomic E-state index is 0.495. The van der Waals surface area contributed by atoms with Crippen molar-refractivity contribution in [3.63, 3.8) is 0 Å². The zero-order valence-electron chi connectivity index (χ0n) is 37.5. The Bertz CT molecular complexity index is 4200. The molecule has 0 amide bonds. The minimum atomic E-state index is -0.536. The summed E-state index contributed by atoms with van der Waals surface area (Å²) >= 11 is 1.68. The van der Waals surface area contributed by atoms with E-state index in [1.165, 1.54) is 146 Å². The molecule has 2 heteroatoms. The number of fused-ring (bicyclic) bond motifs is 17. The number of benzene rings is 12. The SMILES string of the molecule is [Ge][c]1ccccc1-c1cccc(-c2cccc3c(-c4cccc5c4-c4ccccc4C54c5ccccc5-c5ccc6ccccc6c54)c4cccc(-c5cccc6[c]5[Ge][c]5ccccc5-6)c4cc23)c1. The Morgan fingerprint density at radius 3 is 1.67 bits per heavy atom. The van der Waals surface area contributed by atoms with Crippen LogP contribution >= 0.6 is 0 Å². The Labute approximate surface area is 416 Å². The van der Waals surface area contributed by atoms with Crippen LogP contribution in [-0.4, -0.2) is 31.9 Å². The van der Waals surface area contributed by atoms with E-state index in [9.17, 15) is 0 Å². The molecule has 315 valence electrons. The topological polar surface area (TPSA) is 0 Å². The van der Waals surface area contributed by atoms with Gasteiger partial charge >= 0.3 is 360 Å². The van der Waals surface area contributed by atoms with E-state index in [1.807, 2.05) is 0 Å². The van der Waals surface area contributed by atoms with Gasteiger partial charge in [-0.2, -0.15) is 0 Å². The van der Waals surface area contributed by atoms with Gasteiger partial charge in [-0.3, -0.25) is 0 Å². The van der Waals surface area contributed by atoms with Crippen LogP contribution in [0.5, 0.6) is 0 Å². The van der Waals surface area contributed by atoms with E-state index in [0.717, 1.165) is 0 Å². The van der Waals surface area contributed by atoms with Crippen LogP contribution < -0.4 is 13.2 Å². The van der Waals surface area contributed by atoms with Crippen LogP contribution in [0.15, 0.2) is 237 Å². The Morgan fingerprint density at radius 2 is 0.841 bits per heavy atom. The second-order valence-corrected chi connectivity index (χ2v) is 22.7. The second-order valence-electron chi connectivity index (χ2n) is 18.9. The van der Waals surface area contributed by atoms with Gasteiger partial charge in [0.2, 0.25) is 0 Å². The fourth-order valence-corrected chi connectivity index (χ4v) is 16.6. The molecular weight excluding hydrogens is 950 g/mol. The normalized spacial score (nSPS) is 14.7. The van der Waals surface area contributed by atoms with Gasteiger partial charge in [-0.25, -0.2) is 0 Å². The van der Waals surface area contributed by atoms with E-state index in [4.69, 9.17) is 0 Å². The summed E-state index contributed by atoms with van der Waals surface area (Å²) in [5.74, 6) is 0. The molecule has 0 saturated heterocycles. The maximum absolute atomic E-state index is 2.54. The molecule has 69 heavy (non-hydrogen) atoms. The first kappa shape index (κ1) is 39.5. The summed E-state index contributed by atoms with van der Waals surface area (Å²) in [6.45, 7) is 0. The Balaban J connectivity index is 1.06. The van der Waals surface area contributed by atoms with Crippen LogP contribution in [0, 0.1) is 0 Å². The molecule has 0 saturated carbocycles. The molecule has 15 rings (SSSR count). The average Bonchev–Trinajstić information content (AvgIpc) is 4.05. The second kappa shape index (κ2) is 15.0. The number of rotatable bonds is 4. The molecule has 1 unspecified atom stereocenters. The summed E-state index contributed by atoms with van der Waals surface area (Å²) < 4.78 is 4.34. The Morgan fingerprint density at radius 1 is 0.304 bits per heavy atom. The van der Waals surface area contributed by atoms with Crippen LogP contribution in [0.1, 0.15) is 22.3 Å². The van der Waals surface area contributed by atoms with Gasteiger partial charge in [0.1, 0.15) is 0 Å². The van der Waals surface area contributed by atoms with E-state index < -0.39 is 20.8 Å². The zero-order chi connectivity index (χ0) is 45.4. The quantitative estimate of drug-likeness (QED) is 0.122. The van der Waals surface area contributed by atoms with E-state index in [2.05, 4.69) is 253 Å². The van der Waals surface area contributed by atoms with Gasteiger partial charge in [0.25, 0.3) is 0 Å². The van der Waals surface area contributed by atoms with E-state index in [1.54, 1.807) is 0 Å². The van der Waals surface area contributed by atoms with Gasteiger partial charge in [0.05, 0.1) is 0 Å². The predicted molar refractivity (Wildman–Crippen MR) is 293 cm³/mol. The van der Waals surface area contributed by atoms with Crippen molar-refractivity contribution in [3.05, 3.63) is 259 Å². The van der Waals surface area contributed by atoms with Crippen molar-refractivity contribution in [1.82, 2.24) is 0 Å². The summed E-state index contributed by atoms with van der Waals surface area (Å²) in [6.07, 6.45) is 0. The van der Waals surface area contributed by atoms with Crippen molar-refractivity contribution in [2.75, 3.05) is 0 Å². The van der Waals surface area contributed by atoms with Crippen molar-refractivity contribution in [2.24, 2.45) is 0 Å². The molecule has 1 atom stereocenters. The first-order chi connectivity index (χ1) is 34.2. The summed E-state index contributed by atoms with van der Waals surface area (Å²) in [7, 11) is 0. The molecule has 0 fully saturated rings. The molecule has 3 aliphatic rings. The van der Waals surface area contributed by atoms with E-state index in [0.29, 0.717) is 0 Å². The van der Waals surface area contributed by atoms with Gasteiger partial charge in [0, 0.05) is 0 Å². The molecule has 0 aromatic heterocycles.